The molecule has 6 nitrogen and oxygen atoms in total. The highest BCUT2D eigenvalue weighted by atomic mass is 35.5. The Labute approximate surface area is 114 Å². The second kappa shape index (κ2) is 6.01. The smallest absolute Gasteiger partial charge is 0.171 e. The van der Waals surface area contributed by atoms with E-state index >= 15 is 0 Å². The molecule has 0 radical (unpaired) electrons. The first-order valence-electron chi connectivity index (χ1n) is 5.48. The summed E-state index contributed by atoms with van der Waals surface area (Å²) in [4.78, 5) is 8.30. The van der Waals surface area contributed by atoms with Crippen molar-refractivity contribution in [3.05, 3.63) is 52.9 Å². The Balaban J connectivity index is 2.10. The van der Waals surface area contributed by atoms with Crippen molar-refractivity contribution < 1.29 is 5.21 Å². The normalized spacial score (nSPS) is 11.3. The Hall–Kier alpha value is -2.34. The maximum absolute atomic E-state index is 8.57. The van der Waals surface area contributed by atoms with Crippen LogP contribution in [0, 0.1) is 0 Å². The van der Waals surface area contributed by atoms with E-state index in [0.717, 1.165) is 5.69 Å². The molecule has 2 rings (SSSR count). The number of anilines is 1. The van der Waals surface area contributed by atoms with Gasteiger partial charge in [-0.3, -0.25) is 4.98 Å². The zero-order valence-corrected chi connectivity index (χ0v) is 10.7. The van der Waals surface area contributed by atoms with Crippen LogP contribution in [0.5, 0.6) is 0 Å². The molecule has 0 amide bonds. The van der Waals surface area contributed by atoms with Crippen molar-refractivity contribution in [1.29, 1.82) is 0 Å². The average Bonchev–Trinajstić information content (AvgIpc) is 2.46. The molecule has 4 N–H and O–H groups in total. The predicted molar refractivity (Wildman–Crippen MR) is 73.3 cm³/mol. The van der Waals surface area contributed by atoms with E-state index in [-0.39, 0.29) is 5.84 Å². The molecule has 0 unspecified atom stereocenters. The topological polar surface area (TPSA) is 96.4 Å². The van der Waals surface area contributed by atoms with Crippen LogP contribution in [-0.2, 0) is 6.54 Å². The van der Waals surface area contributed by atoms with Crippen molar-refractivity contribution in [2.75, 3.05) is 5.32 Å². The number of aromatic nitrogens is 2. The van der Waals surface area contributed by atoms with Crippen LogP contribution < -0.4 is 11.1 Å². The third-order valence-corrected chi connectivity index (χ3v) is 2.70. The minimum atomic E-state index is -0.0364. The van der Waals surface area contributed by atoms with Gasteiger partial charge in [-0.25, -0.2) is 4.98 Å². The third-order valence-electron chi connectivity index (χ3n) is 2.41. The number of hydrogen-bond acceptors (Lipinski definition) is 5. The fraction of sp³-hybridized carbons (Fsp3) is 0.0833. The summed E-state index contributed by atoms with van der Waals surface area (Å²) in [6.07, 6.45) is 3.19. The summed E-state index contributed by atoms with van der Waals surface area (Å²) in [5.74, 6) is 0.479. The van der Waals surface area contributed by atoms with Gasteiger partial charge in [0.1, 0.15) is 5.82 Å². The predicted octanol–water partition coefficient (Wildman–Crippen LogP) is 1.84. The summed E-state index contributed by atoms with van der Waals surface area (Å²) < 4.78 is 0. The zero-order valence-electron chi connectivity index (χ0n) is 9.92. The molecule has 2 heterocycles. The van der Waals surface area contributed by atoms with E-state index < -0.39 is 0 Å². The highest BCUT2D eigenvalue weighted by Crippen LogP contribution is 2.20. The number of amidine groups is 1. The SMILES string of the molecule is NC(=NO)c1cnc(NCc2ccccn2)c(Cl)c1. The maximum Gasteiger partial charge on any atom is 0.171 e. The molecule has 2 aromatic rings. The van der Waals surface area contributed by atoms with Gasteiger partial charge in [-0.2, -0.15) is 0 Å². The molecular weight excluding hydrogens is 266 g/mol. The highest BCUT2D eigenvalue weighted by Gasteiger charge is 2.06. The Kier molecular flexibility index (Phi) is 4.15. The zero-order chi connectivity index (χ0) is 13.7. The van der Waals surface area contributed by atoms with Crippen LogP contribution in [0.1, 0.15) is 11.3 Å². The van der Waals surface area contributed by atoms with E-state index in [9.17, 15) is 0 Å². The number of nitrogens with zero attached hydrogens (tertiary/aromatic N) is 3. The lowest BCUT2D eigenvalue weighted by Crippen LogP contribution is -2.14. The molecule has 0 saturated heterocycles. The molecule has 0 aliphatic heterocycles. The van der Waals surface area contributed by atoms with E-state index in [0.29, 0.717) is 22.9 Å². The summed E-state index contributed by atoms with van der Waals surface area (Å²) >= 11 is 6.06. The highest BCUT2D eigenvalue weighted by molar-refractivity contribution is 6.33. The van der Waals surface area contributed by atoms with Crippen molar-refractivity contribution in [2.24, 2.45) is 10.9 Å². The van der Waals surface area contributed by atoms with Gasteiger partial charge in [0.2, 0.25) is 0 Å². The summed E-state index contributed by atoms with van der Waals surface area (Å²) in [7, 11) is 0. The Morgan fingerprint density at radius 3 is 2.89 bits per heavy atom. The van der Waals surface area contributed by atoms with Gasteiger partial charge >= 0.3 is 0 Å². The lowest BCUT2D eigenvalue weighted by atomic mass is 10.2. The number of pyridine rings is 2. The van der Waals surface area contributed by atoms with Crippen molar-refractivity contribution in [3.8, 4) is 0 Å². The van der Waals surface area contributed by atoms with Crippen molar-refractivity contribution in [3.63, 3.8) is 0 Å². The van der Waals surface area contributed by atoms with Crippen molar-refractivity contribution in [1.82, 2.24) is 9.97 Å². The number of nitrogens with one attached hydrogen (secondary N) is 1. The van der Waals surface area contributed by atoms with Crippen LogP contribution in [0.4, 0.5) is 5.82 Å². The average molecular weight is 278 g/mol. The van der Waals surface area contributed by atoms with Gasteiger partial charge in [-0.15, -0.1) is 0 Å². The molecule has 7 heteroatoms. The molecule has 2 aromatic heterocycles. The summed E-state index contributed by atoms with van der Waals surface area (Å²) in [5, 5.41) is 14.9. The van der Waals surface area contributed by atoms with Crippen LogP contribution in [-0.4, -0.2) is 21.0 Å². The van der Waals surface area contributed by atoms with Crippen molar-refractivity contribution >= 4 is 23.3 Å². The number of hydrogen-bond donors (Lipinski definition) is 3. The molecule has 0 saturated carbocycles. The molecule has 0 fully saturated rings. The Morgan fingerprint density at radius 1 is 1.42 bits per heavy atom. The number of oxime groups is 1. The minimum Gasteiger partial charge on any atom is -0.409 e. The Morgan fingerprint density at radius 2 is 2.26 bits per heavy atom. The van der Waals surface area contributed by atoms with Gasteiger partial charge in [0, 0.05) is 18.0 Å². The second-order valence-electron chi connectivity index (χ2n) is 3.71. The molecule has 0 aliphatic rings. The standard InChI is InChI=1S/C12H12ClN5O/c13-10-5-8(11(14)18-19)6-16-12(10)17-7-9-3-1-2-4-15-9/h1-6,19H,7H2,(H2,14,18)(H,16,17). The maximum atomic E-state index is 8.57. The molecule has 0 aromatic carbocycles. The van der Waals surface area contributed by atoms with E-state index in [1.54, 1.807) is 12.3 Å². The van der Waals surface area contributed by atoms with Gasteiger partial charge in [0.25, 0.3) is 0 Å². The lowest BCUT2D eigenvalue weighted by molar-refractivity contribution is 0.318. The van der Waals surface area contributed by atoms with Crippen LogP contribution in [0.3, 0.4) is 0 Å². The van der Waals surface area contributed by atoms with Gasteiger partial charge in [-0.1, -0.05) is 22.8 Å². The van der Waals surface area contributed by atoms with E-state index in [1.807, 2.05) is 18.2 Å². The molecule has 98 valence electrons. The van der Waals surface area contributed by atoms with Crippen LogP contribution in [0.25, 0.3) is 0 Å². The largest absolute Gasteiger partial charge is 0.409 e. The fourth-order valence-corrected chi connectivity index (χ4v) is 1.68. The first kappa shape index (κ1) is 13.1. The van der Waals surface area contributed by atoms with Gasteiger partial charge in [0.05, 0.1) is 17.3 Å². The quantitative estimate of drug-likeness (QED) is 0.343. The number of nitrogens with two attached hydrogens (primary N) is 1. The lowest BCUT2D eigenvalue weighted by Gasteiger charge is -2.08. The van der Waals surface area contributed by atoms with E-state index in [2.05, 4.69) is 20.4 Å². The fourth-order valence-electron chi connectivity index (χ4n) is 1.44. The molecule has 19 heavy (non-hydrogen) atoms. The van der Waals surface area contributed by atoms with E-state index in [4.69, 9.17) is 22.5 Å². The first-order valence-corrected chi connectivity index (χ1v) is 5.85. The Bertz CT molecular complexity index is 588. The van der Waals surface area contributed by atoms with Gasteiger partial charge in [0.15, 0.2) is 5.84 Å². The van der Waals surface area contributed by atoms with E-state index in [1.165, 1.54) is 6.20 Å². The van der Waals surface area contributed by atoms with Crippen LogP contribution in [0.2, 0.25) is 5.02 Å². The molecule has 0 bridgehead atoms. The monoisotopic (exact) mass is 277 g/mol. The molecular formula is C12H12ClN5O. The first-order chi connectivity index (χ1) is 9.20. The third kappa shape index (κ3) is 3.32. The second-order valence-corrected chi connectivity index (χ2v) is 4.12. The van der Waals surface area contributed by atoms with Gasteiger partial charge < -0.3 is 16.3 Å². The number of halogens is 1. The molecule has 0 spiro atoms. The molecule has 0 atom stereocenters. The molecule has 0 aliphatic carbocycles. The van der Waals surface area contributed by atoms with Crippen LogP contribution in [0.15, 0.2) is 41.8 Å². The summed E-state index contributed by atoms with van der Waals surface area (Å²) in [5.41, 5.74) is 6.78. The number of rotatable bonds is 4. The van der Waals surface area contributed by atoms with Gasteiger partial charge in [-0.05, 0) is 18.2 Å². The minimum absolute atomic E-state index is 0.0364. The van der Waals surface area contributed by atoms with Crippen LogP contribution >= 0.6 is 11.6 Å². The summed E-state index contributed by atoms with van der Waals surface area (Å²) in [6, 6.07) is 7.22. The summed E-state index contributed by atoms with van der Waals surface area (Å²) in [6.45, 7) is 0.510. The van der Waals surface area contributed by atoms with Crippen molar-refractivity contribution in [2.45, 2.75) is 6.54 Å².